The lowest BCUT2D eigenvalue weighted by molar-refractivity contribution is 0.114. The smallest absolute Gasteiger partial charge is 0.411 e. The number of anilines is 2. The van der Waals surface area contributed by atoms with Gasteiger partial charge < -0.3 is 19.8 Å². The van der Waals surface area contributed by atoms with Crippen molar-refractivity contribution in [3.8, 4) is 17.0 Å². The van der Waals surface area contributed by atoms with Crippen LogP contribution in [0.2, 0.25) is 0 Å². The molecule has 0 unspecified atom stereocenters. The second-order valence-electron chi connectivity index (χ2n) is 8.77. The van der Waals surface area contributed by atoms with Gasteiger partial charge in [0, 0.05) is 28.7 Å². The van der Waals surface area contributed by atoms with Crippen LogP contribution < -0.4 is 15.8 Å². The molecule has 0 bridgehead atoms. The van der Waals surface area contributed by atoms with Crippen molar-refractivity contribution in [2.24, 2.45) is 0 Å². The Bertz CT molecular complexity index is 1080. The third-order valence-electron chi connectivity index (χ3n) is 5.98. The summed E-state index contributed by atoms with van der Waals surface area (Å²) in [5.41, 5.74) is 11.1. The SMILES string of the molecule is CCCOc1ccc2c(N)c(-c3ccc(NC(=O)OC4CCCC4)cc3)n(C(C)C)c2c1. The second-order valence-corrected chi connectivity index (χ2v) is 8.77. The zero-order chi connectivity index (χ0) is 22.7. The molecule has 0 atom stereocenters. The quantitative estimate of drug-likeness (QED) is 0.430. The van der Waals surface area contributed by atoms with Crippen LogP contribution >= 0.6 is 0 Å². The van der Waals surface area contributed by atoms with Crippen molar-refractivity contribution in [2.75, 3.05) is 17.7 Å². The van der Waals surface area contributed by atoms with Gasteiger partial charge in [-0.1, -0.05) is 19.1 Å². The van der Waals surface area contributed by atoms with Crippen molar-refractivity contribution < 1.29 is 14.3 Å². The third kappa shape index (κ3) is 4.54. The first kappa shape index (κ1) is 22.1. The largest absolute Gasteiger partial charge is 0.494 e. The van der Waals surface area contributed by atoms with Crippen LogP contribution in [0, 0.1) is 0 Å². The van der Waals surface area contributed by atoms with Crippen LogP contribution in [0.4, 0.5) is 16.2 Å². The summed E-state index contributed by atoms with van der Waals surface area (Å²) >= 11 is 0. The van der Waals surface area contributed by atoms with Crippen molar-refractivity contribution in [2.45, 2.75) is 65.0 Å². The average molecular weight is 436 g/mol. The fraction of sp³-hybridized carbons (Fsp3) is 0.423. The van der Waals surface area contributed by atoms with E-state index in [9.17, 15) is 4.79 Å². The van der Waals surface area contributed by atoms with E-state index >= 15 is 0 Å². The van der Waals surface area contributed by atoms with Crippen LogP contribution in [0.15, 0.2) is 42.5 Å². The first-order chi connectivity index (χ1) is 15.5. The van der Waals surface area contributed by atoms with E-state index < -0.39 is 0 Å². The number of fused-ring (bicyclic) bond motifs is 1. The highest BCUT2D eigenvalue weighted by molar-refractivity contribution is 6.01. The molecule has 0 radical (unpaired) electrons. The van der Waals surface area contributed by atoms with Gasteiger partial charge in [-0.15, -0.1) is 0 Å². The zero-order valence-corrected chi connectivity index (χ0v) is 19.2. The Balaban J connectivity index is 1.61. The Morgan fingerprint density at radius 1 is 1.16 bits per heavy atom. The molecule has 1 fully saturated rings. The molecule has 3 aromatic rings. The van der Waals surface area contributed by atoms with E-state index in [1.807, 2.05) is 36.4 Å². The van der Waals surface area contributed by atoms with E-state index in [1.54, 1.807) is 0 Å². The molecule has 3 N–H and O–H groups in total. The molecular formula is C26H33N3O3. The van der Waals surface area contributed by atoms with Crippen molar-refractivity contribution in [1.82, 2.24) is 4.57 Å². The molecule has 1 heterocycles. The number of hydrogen-bond acceptors (Lipinski definition) is 4. The first-order valence-electron chi connectivity index (χ1n) is 11.6. The predicted octanol–water partition coefficient (Wildman–Crippen LogP) is 6.75. The highest BCUT2D eigenvalue weighted by Gasteiger charge is 2.21. The molecule has 1 aliphatic carbocycles. The van der Waals surface area contributed by atoms with Gasteiger partial charge in [0.05, 0.1) is 23.5 Å². The van der Waals surface area contributed by atoms with Crippen molar-refractivity contribution in [1.29, 1.82) is 0 Å². The van der Waals surface area contributed by atoms with E-state index in [0.717, 1.165) is 65.7 Å². The van der Waals surface area contributed by atoms with Gasteiger partial charge in [0.25, 0.3) is 0 Å². The monoisotopic (exact) mass is 435 g/mol. The molecule has 4 rings (SSSR count). The number of nitrogens with zero attached hydrogens (tertiary/aromatic N) is 1. The van der Waals surface area contributed by atoms with E-state index in [1.165, 1.54) is 0 Å². The van der Waals surface area contributed by atoms with Gasteiger partial charge in [-0.3, -0.25) is 5.32 Å². The van der Waals surface area contributed by atoms with E-state index in [-0.39, 0.29) is 18.2 Å². The Kier molecular flexibility index (Phi) is 6.58. The number of hydrogen-bond donors (Lipinski definition) is 2. The molecule has 2 aromatic carbocycles. The molecular weight excluding hydrogens is 402 g/mol. The molecule has 32 heavy (non-hydrogen) atoms. The minimum absolute atomic E-state index is 0.0435. The number of aromatic nitrogens is 1. The molecule has 1 saturated carbocycles. The highest BCUT2D eigenvalue weighted by Crippen LogP contribution is 2.40. The topological polar surface area (TPSA) is 78.5 Å². The molecule has 1 amide bonds. The number of carbonyl (C=O) groups excluding carboxylic acids is 1. The van der Waals surface area contributed by atoms with Gasteiger partial charge in [0.1, 0.15) is 11.9 Å². The summed E-state index contributed by atoms with van der Waals surface area (Å²) < 4.78 is 13.6. The van der Waals surface area contributed by atoms with Crippen LogP contribution in [0.25, 0.3) is 22.2 Å². The minimum atomic E-state index is -0.389. The normalized spacial score (nSPS) is 14.2. The first-order valence-corrected chi connectivity index (χ1v) is 11.6. The van der Waals surface area contributed by atoms with E-state index in [0.29, 0.717) is 12.3 Å². The van der Waals surface area contributed by atoms with Gasteiger partial charge in [0.2, 0.25) is 0 Å². The van der Waals surface area contributed by atoms with Crippen LogP contribution in [-0.2, 0) is 4.74 Å². The number of benzene rings is 2. The summed E-state index contributed by atoms with van der Waals surface area (Å²) in [4.78, 5) is 12.2. The molecule has 0 saturated heterocycles. The summed E-state index contributed by atoms with van der Waals surface area (Å²) in [6.07, 6.45) is 4.79. The zero-order valence-electron chi connectivity index (χ0n) is 19.2. The Hall–Kier alpha value is -3.15. The number of amides is 1. The number of carbonyl (C=O) groups is 1. The second kappa shape index (κ2) is 9.55. The maximum absolute atomic E-state index is 12.2. The van der Waals surface area contributed by atoms with Crippen LogP contribution in [0.5, 0.6) is 5.75 Å². The average Bonchev–Trinajstić information content (AvgIpc) is 3.38. The van der Waals surface area contributed by atoms with Gasteiger partial charge in [0.15, 0.2) is 0 Å². The Morgan fingerprint density at radius 2 is 1.88 bits per heavy atom. The summed E-state index contributed by atoms with van der Waals surface area (Å²) in [7, 11) is 0. The van der Waals surface area contributed by atoms with Gasteiger partial charge in [-0.2, -0.15) is 0 Å². The van der Waals surface area contributed by atoms with Crippen LogP contribution in [0.3, 0.4) is 0 Å². The fourth-order valence-electron chi connectivity index (χ4n) is 4.47. The maximum Gasteiger partial charge on any atom is 0.411 e. The van der Waals surface area contributed by atoms with Crippen molar-refractivity contribution in [3.05, 3.63) is 42.5 Å². The van der Waals surface area contributed by atoms with Crippen LogP contribution in [0.1, 0.15) is 58.9 Å². The molecule has 6 nitrogen and oxygen atoms in total. The molecule has 0 spiro atoms. The lowest BCUT2D eigenvalue weighted by atomic mass is 10.1. The molecule has 6 heteroatoms. The number of rotatable bonds is 7. The Morgan fingerprint density at radius 3 is 2.53 bits per heavy atom. The minimum Gasteiger partial charge on any atom is -0.494 e. The molecule has 0 aliphatic heterocycles. The van der Waals surface area contributed by atoms with Crippen molar-refractivity contribution >= 4 is 28.4 Å². The summed E-state index contributed by atoms with van der Waals surface area (Å²) in [6, 6.07) is 14.1. The Labute approximate surface area is 189 Å². The predicted molar refractivity (Wildman–Crippen MR) is 130 cm³/mol. The lowest BCUT2D eigenvalue weighted by Gasteiger charge is -2.16. The number of ether oxygens (including phenoxy) is 2. The number of nitrogen functional groups attached to an aromatic ring is 1. The van der Waals surface area contributed by atoms with Gasteiger partial charge in [-0.05, 0) is 70.2 Å². The van der Waals surface area contributed by atoms with Gasteiger partial charge in [-0.25, -0.2) is 4.79 Å². The fourth-order valence-corrected chi connectivity index (χ4v) is 4.47. The molecule has 1 aromatic heterocycles. The molecule has 170 valence electrons. The summed E-state index contributed by atoms with van der Waals surface area (Å²) in [5.74, 6) is 0.852. The highest BCUT2D eigenvalue weighted by atomic mass is 16.6. The third-order valence-corrected chi connectivity index (χ3v) is 5.98. The van der Waals surface area contributed by atoms with Gasteiger partial charge >= 0.3 is 6.09 Å². The summed E-state index contributed by atoms with van der Waals surface area (Å²) in [6.45, 7) is 7.08. The standard InChI is InChI=1S/C26H33N3O3/c1-4-15-31-21-13-14-22-23(16-21)29(17(2)3)25(24(22)27)18-9-11-19(12-10-18)28-26(30)32-20-7-5-6-8-20/h9-14,16-17,20H,4-8,15,27H2,1-3H3,(H,28,30). The maximum atomic E-state index is 12.2. The number of nitrogens with two attached hydrogens (primary N) is 1. The summed E-state index contributed by atoms with van der Waals surface area (Å²) in [5, 5.41) is 3.85. The van der Waals surface area contributed by atoms with E-state index in [4.69, 9.17) is 15.2 Å². The van der Waals surface area contributed by atoms with Crippen molar-refractivity contribution in [3.63, 3.8) is 0 Å². The van der Waals surface area contributed by atoms with E-state index in [2.05, 4.69) is 36.7 Å². The lowest BCUT2D eigenvalue weighted by Crippen LogP contribution is -2.20. The molecule has 1 aliphatic rings. The number of nitrogens with one attached hydrogen (secondary N) is 1. The van der Waals surface area contributed by atoms with Crippen LogP contribution in [-0.4, -0.2) is 23.4 Å².